The van der Waals surface area contributed by atoms with Crippen molar-refractivity contribution in [1.82, 2.24) is 10.0 Å². The number of nitrogens with two attached hydrogens (primary N) is 1. The van der Waals surface area contributed by atoms with Crippen molar-refractivity contribution in [2.24, 2.45) is 16.6 Å². The molecule has 192 valence electrons. The van der Waals surface area contributed by atoms with Gasteiger partial charge in [0.2, 0.25) is 11.9 Å². The Bertz CT molecular complexity index is 1240. The second kappa shape index (κ2) is 13.0. The fraction of sp³-hybridized carbons (Fsp3) is 0.269. The summed E-state index contributed by atoms with van der Waals surface area (Å²) in [7, 11) is -4.05. The van der Waals surface area contributed by atoms with Crippen molar-refractivity contribution < 1.29 is 13.2 Å². The molecular weight excluding hydrogens is 498 g/mol. The number of carbonyl (C=O) groups is 1. The maximum Gasteiger partial charge on any atom is 0.263 e. The van der Waals surface area contributed by atoms with Crippen LogP contribution in [0.15, 0.2) is 83.2 Å². The Labute approximate surface area is 217 Å². The Morgan fingerprint density at radius 2 is 1.78 bits per heavy atom. The van der Waals surface area contributed by atoms with Gasteiger partial charge in [0.25, 0.3) is 10.0 Å². The van der Waals surface area contributed by atoms with Crippen LogP contribution in [-0.4, -0.2) is 38.6 Å². The number of aliphatic imine (C=N–C) groups is 1. The van der Waals surface area contributed by atoms with Gasteiger partial charge in [-0.05, 0) is 42.2 Å². The van der Waals surface area contributed by atoms with Gasteiger partial charge in [-0.2, -0.15) is 0 Å². The zero-order valence-corrected chi connectivity index (χ0v) is 22.1. The van der Waals surface area contributed by atoms with Gasteiger partial charge in [-0.1, -0.05) is 80.6 Å². The van der Waals surface area contributed by atoms with Gasteiger partial charge in [0, 0.05) is 16.7 Å². The third-order valence-electron chi connectivity index (χ3n) is 5.33. The number of sulfonamides is 1. The standard InChI is InChI=1S/C26H32ClN5O3S/c1-5-9-18(4)36(34,35)32-26(31-24(17(2)3)25(29)33)30-16-22(19-10-7-6-8-11-19)23(28)20-12-14-21(27)15-13-20/h5-15,17,22,24,28H,4,16H2,1-3H3,(H2,29,33)(H2,30,31,32)/b9-5-,28-23?/t22-,24+/m0/s1. The molecule has 0 spiro atoms. The summed E-state index contributed by atoms with van der Waals surface area (Å²) in [4.78, 5) is 16.3. The maximum absolute atomic E-state index is 12.8. The fourth-order valence-electron chi connectivity index (χ4n) is 3.35. The molecule has 0 saturated carbocycles. The predicted molar refractivity (Wildman–Crippen MR) is 147 cm³/mol. The van der Waals surface area contributed by atoms with Gasteiger partial charge in [0.05, 0.1) is 11.4 Å². The number of amides is 1. The van der Waals surface area contributed by atoms with Crippen LogP contribution in [-0.2, 0) is 14.8 Å². The summed E-state index contributed by atoms with van der Waals surface area (Å²) >= 11 is 6.01. The molecule has 2 aromatic carbocycles. The van der Waals surface area contributed by atoms with Crippen LogP contribution >= 0.6 is 11.6 Å². The van der Waals surface area contributed by atoms with Gasteiger partial charge in [0.1, 0.15) is 6.04 Å². The van der Waals surface area contributed by atoms with E-state index >= 15 is 0 Å². The molecule has 2 aromatic rings. The molecule has 0 saturated heterocycles. The van der Waals surface area contributed by atoms with E-state index in [-0.39, 0.29) is 29.0 Å². The summed E-state index contributed by atoms with van der Waals surface area (Å²) in [5, 5.41) is 12.2. The SMILES string of the molecule is C=C(/C=C\C)S(=O)(=O)NC(=NC[C@H](C(=N)c1ccc(Cl)cc1)c1ccccc1)N[C@@H](C(N)=O)C(C)C. The monoisotopic (exact) mass is 529 g/mol. The van der Waals surface area contributed by atoms with Gasteiger partial charge in [-0.3, -0.25) is 9.79 Å². The second-order valence-electron chi connectivity index (χ2n) is 8.41. The molecule has 0 bridgehead atoms. The molecule has 0 aliphatic rings. The number of carbonyl (C=O) groups excluding carboxylic acids is 1. The van der Waals surface area contributed by atoms with Crippen molar-refractivity contribution in [1.29, 1.82) is 5.41 Å². The molecular formula is C26H32ClN5O3S. The molecule has 36 heavy (non-hydrogen) atoms. The number of guanidine groups is 1. The molecule has 2 rings (SSSR count). The summed E-state index contributed by atoms with van der Waals surface area (Å²) < 4.78 is 28.0. The van der Waals surface area contributed by atoms with Crippen molar-refractivity contribution in [2.75, 3.05) is 6.54 Å². The fourth-order valence-corrected chi connectivity index (χ4v) is 4.30. The van der Waals surface area contributed by atoms with Gasteiger partial charge in [-0.25, -0.2) is 13.1 Å². The summed E-state index contributed by atoms with van der Waals surface area (Å²) in [6.45, 7) is 8.81. The van der Waals surface area contributed by atoms with Crippen molar-refractivity contribution in [3.63, 3.8) is 0 Å². The quantitative estimate of drug-likeness (QED) is 0.199. The van der Waals surface area contributed by atoms with E-state index in [1.165, 1.54) is 6.08 Å². The number of benzene rings is 2. The van der Waals surface area contributed by atoms with Gasteiger partial charge >= 0.3 is 0 Å². The molecule has 0 unspecified atom stereocenters. The van der Waals surface area contributed by atoms with Gasteiger partial charge < -0.3 is 16.5 Å². The predicted octanol–water partition coefficient (Wildman–Crippen LogP) is 3.96. The van der Waals surface area contributed by atoms with Crippen molar-refractivity contribution in [3.8, 4) is 0 Å². The van der Waals surface area contributed by atoms with Crippen LogP contribution < -0.4 is 15.8 Å². The smallest absolute Gasteiger partial charge is 0.263 e. The van der Waals surface area contributed by atoms with Gasteiger partial charge in [-0.15, -0.1) is 0 Å². The van der Waals surface area contributed by atoms with Crippen molar-refractivity contribution in [3.05, 3.63) is 94.4 Å². The number of nitrogens with one attached hydrogen (secondary N) is 3. The first-order chi connectivity index (χ1) is 17.0. The maximum atomic E-state index is 12.8. The summed E-state index contributed by atoms with van der Waals surface area (Å²) in [5.41, 5.74) is 7.28. The molecule has 2 atom stereocenters. The average Bonchev–Trinajstić information content (AvgIpc) is 2.83. The minimum atomic E-state index is -4.05. The van der Waals surface area contributed by atoms with E-state index < -0.39 is 27.9 Å². The molecule has 0 aliphatic heterocycles. The van der Waals surface area contributed by atoms with E-state index in [0.29, 0.717) is 10.6 Å². The number of hydrogen-bond acceptors (Lipinski definition) is 5. The Kier molecular flexibility index (Phi) is 10.4. The van der Waals surface area contributed by atoms with Crippen LogP contribution in [0.25, 0.3) is 0 Å². The second-order valence-corrected chi connectivity index (χ2v) is 10.6. The van der Waals surface area contributed by atoms with Crippen molar-refractivity contribution in [2.45, 2.75) is 32.7 Å². The first kappa shape index (κ1) is 28.8. The summed E-state index contributed by atoms with van der Waals surface area (Å²) in [5.74, 6) is -1.58. The zero-order chi connectivity index (χ0) is 26.9. The molecule has 5 N–H and O–H groups in total. The number of rotatable bonds is 11. The Balaban J connectivity index is 2.50. The van der Waals surface area contributed by atoms with E-state index in [9.17, 15) is 13.2 Å². The highest BCUT2D eigenvalue weighted by molar-refractivity contribution is 7.94. The van der Waals surface area contributed by atoms with Crippen LogP contribution in [0.1, 0.15) is 37.8 Å². The van der Waals surface area contributed by atoms with E-state index in [1.54, 1.807) is 51.1 Å². The third-order valence-corrected chi connectivity index (χ3v) is 6.87. The van der Waals surface area contributed by atoms with E-state index in [1.807, 2.05) is 30.3 Å². The third kappa shape index (κ3) is 8.07. The molecule has 0 aliphatic carbocycles. The Morgan fingerprint density at radius 1 is 1.17 bits per heavy atom. The average molecular weight is 530 g/mol. The molecule has 1 amide bonds. The number of nitrogens with zero attached hydrogens (tertiary/aromatic N) is 1. The van der Waals surface area contributed by atoms with Crippen molar-refractivity contribution >= 4 is 39.2 Å². The highest BCUT2D eigenvalue weighted by Gasteiger charge is 2.25. The lowest BCUT2D eigenvalue weighted by molar-refractivity contribution is -0.120. The number of primary amides is 1. The minimum absolute atomic E-state index is 0.00992. The number of halogens is 1. The highest BCUT2D eigenvalue weighted by Crippen LogP contribution is 2.23. The topological polar surface area (TPSA) is 138 Å². The highest BCUT2D eigenvalue weighted by atomic mass is 35.5. The lowest BCUT2D eigenvalue weighted by atomic mass is 9.90. The normalized spacial score (nSPS) is 13.9. The first-order valence-electron chi connectivity index (χ1n) is 11.3. The summed E-state index contributed by atoms with van der Waals surface area (Å²) in [6.07, 6.45) is 2.89. The number of allylic oxidation sites excluding steroid dienone is 2. The lowest BCUT2D eigenvalue weighted by Crippen LogP contribution is -2.53. The molecule has 0 radical (unpaired) electrons. The number of hydrogen-bond donors (Lipinski definition) is 4. The van der Waals surface area contributed by atoms with Crippen LogP contribution in [0.2, 0.25) is 5.02 Å². The van der Waals surface area contributed by atoms with Crippen LogP contribution in [0.3, 0.4) is 0 Å². The van der Waals surface area contributed by atoms with E-state index in [4.69, 9.17) is 22.7 Å². The molecule has 10 heteroatoms. The van der Waals surface area contributed by atoms with Gasteiger partial charge in [0.15, 0.2) is 0 Å². The molecule has 0 heterocycles. The lowest BCUT2D eigenvalue weighted by Gasteiger charge is -2.23. The summed E-state index contributed by atoms with van der Waals surface area (Å²) in [6, 6.07) is 15.3. The largest absolute Gasteiger partial charge is 0.368 e. The molecule has 8 nitrogen and oxygen atoms in total. The minimum Gasteiger partial charge on any atom is -0.368 e. The zero-order valence-electron chi connectivity index (χ0n) is 20.5. The Morgan fingerprint density at radius 3 is 2.31 bits per heavy atom. The molecule has 0 fully saturated rings. The first-order valence-corrected chi connectivity index (χ1v) is 13.2. The van der Waals surface area contributed by atoms with E-state index in [2.05, 4.69) is 21.6 Å². The van der Waals surface area contributed by atoms with Crippen LogP contribution in [0.4, 0.5) is 0 Å². The van der Waals surface area contributed by atoms with Crippen LogP contribution in [0.5, 0.6) is 0 Å². The van der Waals surface area contributed by atoms with Crippen LogP contribution in [0, 0.1) is 11.3 Å². The van der Waals surface area contributed by atoms with E-state index in [0.717, 1.165) is 5.56 Å². The molecule has 0 aromatic heterocycles. The Hall–Kier alpha value is -3.43.